The van der Waals surface area contributed by atoms with Crippen LogP contribution >= 0.6 is 15.9 Å². The van der Waals surface area contributed by atoms with Gasteiger partial charge in [-0.1, -0.05) is 22.0 Å². The van der Waals surface area contributed by atoms with Gasteiger partial charge in [0.15, 0.2) is 0 Å². The van der Waals surface area contributed by atoms with E-state index in [1.54, 1.807) is 6.08 Å². The average Bonchev–Trinajstić information content (AvgIpc) is 2.57. The van der Waals surface area contributed by atoms with Gasteiger partial charge in [0.2, 0.25) is 0 Å². The van der Waals surface area contributed by atoms with Crippen molar-refractivity contribution in [3.8, 4) is 0 Å². The van der Waals surface area contributed by atoms with Crippen LogP contribution in [0.1, 0.15) is 18.9 Å². The number of nitrogens with zero attached hydrogens (tertiary/aromatic N) is 2. The van der Waals surface area contributed by atoms with Gasteiger partial charge in [-0.3, -0.25) is 0 Å². The molecule has 0 saturated carbocycles. The summed E-state index contributed by atoms with van der Waals surface area (Å²) < 4.78 is 0.919. The molecule has 1 aromatic carbocycles. The first-order valence-electron chi connectivity index (χ1n) is 7.13. The molecule has 1 atom stereocenters. The van der Waals surface area contributed by atoms with Crippen molar-refractivity contribution in [2.24, 2.45) is 0 Å². The molecule has 1 aliphatic heterocycles. The largest absolute Gasteiger partial charge is 0.478 e. The third kappa shape index (κ3) is 4.32. The number of likely N-dealkylation sites (N-methyl/N-ethyl adjacent to an activating group) is 1. The number of benzene rings is 1. The highest BCUT2D eigenvalue weighted by Gasteiger charge is 2.20. The summed E-state index contributed by atoms with van der Waals surface area (Å²) in [6.07, 6.45) is 3.91. The zero-order valence-corrected chi connectivity index (χ0v) is 14.0. The van der Waals surface area contributed by atoms with Crippen LogP contribution in [-0.4, -0.2) is 48.7 Å². The molecule has 0 spiro atoms. The summed E-state index contributed by atoms with van der Waals surface area (Å²) in [5, 5.41) is 8.70. The number of carboxylic acids is 1. The summed E-state index contributed by atoms with van der Waals surface area (Å²) in [7, 11) is 2.16. The molecule has 21 heavy (non-hydrogen) atoms. The lowest BCUT2D eigenvalue weighted by molar-refractivity contribution is -0.131. The van der Waals surface area contributed by atoms with Crippen LogP contribution in [0.3, 0.4) is 0 Å². The van der Waals surface area contributed by atoms with E-state index in [9.17, 15) is 4.79 Å². The molecule has 0 bridgehead atoms. The highest BCUT2D eigenvalue weighted by atomic mass is 79.9. The molecule has 1 aromatic rings. The second-order valence-corrected chi connectivity index (χ2v) is 6.39. The molecule has 1 N–H and O–H groups in total. The Kier molecular flexibility index (Phi) is 5.42. The van der Waals surface area contributed by atoms with Crippen LogP contribution < -0.4 is 4.90 Å². The zero-order valence-electron chi connectivity index (χ0n) is 12.4. The number of anilines is 1. The number of hydrogen-bond donors (Lipinski definition) is 1. The fourth-order valence-electron chi connectivity index (χ4n) is 2.75. The summed E-state index contributed by atoms with van der Waals surface area (Å²) in [6, 6.07) is 6.56. The van der Waals surface area contributed by atoms with Gasteiger partial charge in [0.1, 0.15) is 0 Å². The SMILES string of the molecule is CC1CN(C)CCCN1c1ccc(/C=C/C(=O)O)c(Br)c1. The van der Waals surface area contributed by atoms with E-state index >= 15 is 0 Å². The predicted molar refractivity (Wildman–Crippen MR) is 89.7 cm³/mol. The minimum Gasteiger partial charge on any atom is -0.478 e. The minimum absolute atomic E-state index is 0.463. The quantitative estimate of drug-likeness (QED) is 0.849. The summed E-state index contributed by atoms with van der Waals surface area (Å²) in [6.45, 7) is 5.47. The highest BCUT2D eigenvalue weighted by molar-refractivity contribution is 9.10. The van der Waals surface area contributed by atoms with Gasteiger partial charge in [0.05, 0.1) is 0 Å². The van der Waals surface area contributed by atoms with Gasteiger partial charge in [-0.2, -0.15) is 0 Å². The van der Waals surface area contributed by atoms with Crippen molar-refractivity contribution in [2.45, 2.75) is 19.4 Å². The number of carboxylic acid groups (broad SMARTS) is 1. The fourth-order valence-corrected chi connectivity index (χ4v) is 3.25. The normalized spacial score (nSPS) is 20.7. The first-order valence-corrected chi connectivity index (χ1v) is 7.92. The van der Waals surface area contributed by atoms with Gasteiger partial charge >= 0.3 is 5.97 Å². The standard InChI is InChI=1S/C16H21BrN2O2/c1-12-11-18(2)8-3-9-19(12)14-6-4-13(15(17)10-14)5-7-16(20)21/h4-7,10,12H,3,8-9,11H2,1-2H3,(H,20,21)/b7-5+. The summed E-state index contributed by atoms with van der Waals surface area (Å²) in [5.74, 6) is -0.935. The van der Waals surface area contributed by atoms with E-state index in [-0.39, 0.29) is 0 Å². The molecule has 1 unspecified atom stereocenters. The lowest BCUT2D eigenvalue weighted by Crippen LogP contribution is -2.37. The molecule has 4 nitrogen and oxygen atoms in total. The Labute approximate surface area is 134 Å². The third-order valence-corrected chi connectivity index (χ3v) is 4.45. The maximum atomic E-state index is 10.6. The predicted octanol–water partition coefficient (Wildman–Crippen LogP) is 3.08. The van der Waals surface area contributed by atoms with Crippen LogP contribution in [0.4, 0.5) is 5.69 Å². The van der Waals surface area contributed by atoms with Gasteiger partial charge < -0.3 is 14.9 Å². The molecule has 114 valence electrons. The van der Waals surface area contributed by atoms with Crippen molar-refractivity contribution in [2.75, 3.05) is 31.6 Å². The number of carbonyl (C=O) groups is 1. The molecule has 1 fully saturated rings. The van der Waals surface area contributed by atoms with E-state index in [0.717, 1.165) is 42.2 Å². The third-order valence-electron chi connectivity index (χ3n) is 3.77. The van der Waals surface area contributed by atoms with Crippen LogP contribution in [0.2, 0.25) is 0 Å². The van der Waals surface area contributed by atoms with Crippen LogP contribution in [-0.2, 0) is 4.79 Å². The number of rotatable bonds is 3. The van der Waals surface area contributed by atoms with Gasteiger partial charge in [-0.05, 0) is 50.7 Å². The Bertz CT molecular complexity index is 545. The van der Waals surface area contributed by atoms with E-state index in [0.29, 0.717) is 6.04 Å². The first kappa shape index (κ1) is 16.0. The molecular weight excluding hydrogens is 332 g/mol. The molecular formula is C16H21BrN2O2. The first-order chi connectivity index (χ1) is 9.97. The number of aliphatic carboxylic acids is 1. The van der Waals surface area contributed by atoms with Crippen LogP contribution in [0.15, 0.2) is 28.7 Å². The summed E-state index contributed by atoms with van der Waals surface area (Å²) in [4.78, 5) is 15.4. The minimum atomic E-state index is -0.935. The molecule has 0 radical (unpaired) electrons. The van der Waals surface area contributed by atoms with Gasteiger partial charge in [-0.15, -0.1) is 0 Å². The topological polar surface area (TPSA) is 43.8 Å². The Morgan fingerprint density at radius 1 is 1.43 bits per heavy atom. The molecule has 2 rings (SSSR count). The van der Waals surface area contributed by atoms with E-state index < -0.39 is 5.97 Å². The monoisotopic (exact) mass is 352 g/mol. The van der Waals surface area contributed by atoms with Crippen LogP contribution in [0, 0.1) is 0 Å². The number of halogens is 1. The van der Waals surface area contributed by atoms with Gasteiger partial charge in [0, 0.05) is 35.4 Å². The highest BCUT2D eigenvalue weighted by Crippen LogP contribution is 2.27. The average molecular weight is 353 g/mol. The molecule has 1 saturated heterocycles. The lowest BCUT2D eigenvalue weighted by atomic mass is 10.1. The molecule has 5 heteroatoms. The Balaban J connectivity index is 2.20. The molecule has 1 aliphatic rings. The fraction of sp³-hybridized carbons (Fsp3) is 0.438. The second-order valence-electron chi connectivity index (χ2n) is 5.54. The Hall–Kier alpha value is -1.33. The summed E-state index contributed by atoms with van der Waals surface area (Å²) in [5.41, 5.74) is 2.05. The van der Waals surface area contributed by atoms with Crippen molar-refractivity contribution in [1.29, 1.82) is 0 Å². The van der Waals surface area contributed by atoms with E-state index in [1.807, 2.05) is 6.07 Å². The maximum Gasteiger partial charge on any atom is 0.328 e. The van der Waals surface area contributed by atoms with E-state index in [4.69, 9.17) is 5.11 Å². The summed E-state index contributed by atoms with van der Waals surface area (Å²) >= 11 is 3.53. The van der Waals surface area contributed by atoms with Crippen molar-refractivity contribution in [3.63, 3.8) is 0 Å². The second kappa shape index (κ2) is 7.09. The van der Waals surface area contributed by atoms with Crippen molar-refractivity contribution >= 4 is 33.7 Å². The maximum absolute atomic E-state index is 10.6. The van der Waals surface area contributed by atoms with Crippen molar-refractivity contribution in [3.05, 3.63) is 34.3 Å². The van der Waals surface area contributed by atoms with Crippen molar-refractivity contribution < 1.29 is 9.90 Å². The Morgan fingerprint density at radius 3 is 2.86 bits per heavy atom. The van der Waals surface area contributed by atoms with Crippen LogP contribution in [0.25, 0.3) is 6.08 Å². The van der Waals surface area contributed by atoms with Crippen molar-refractivity contribution in [1.82, 2.24) is 4.90 Å². The molecule has 0 aliphatic carbocycles. The lowest BCUT2D eigenvalue weighted by Gasteiger charge is -2.30. The van der Waals surface area contributed by atoms with E-state index in [2.05, 4.69) is 51.8 Å². The smallest absolute Gasteiger partial charge is 0.328 e. The molecule has 0 aromatic heterocycles. The Morgan fingerprint density at radius 2 is 2.19 bits per heavy atom. The zero-order chi connectivity index (χ0) is 15.4. The van der Waals surface area contributed by atoms with Gasteiger partial charge in [0.25, 0.3) is 0 Å². The van der Waals surface area contributed by atoms with Crippen LogP contribution in [0.5, 0.6) is 0 Å². The number of hydrogen-bond acceptors (Lipinski definition) is 3. The van der Waals surface area contributed by atoms with E-state index in [1.165, 1.54) is 5.69 Å². The van der Waals surface area contributed by atoms with Gasteiger partial charge in [-0.25, -0.2) is 4.79 Å². The molecule has 1 heterocycles. The molecule has 0 amide bonds.